The van der Waals surface area contributed by atoms with Crippen molar-refractivity contribution in [3.8, 4) is 12.3 Å². The van der Waals surface area contributed by atoms with Gasteiger partial charge >= 0.3 is 0 Å². The van der Waals surface area contributed by atoms with Crippen molar-refractivity contribution in [2.24, 2.45) is 0 Å². The Morgan fingerprint density at radius 1 is 1.73 bits per heavy atom. The van der Waals surface area contributed by atoms with Gasteiger partial charge in [-0.05, 0) is 13.3 Å². The molecule has 1 unspecified atom stereocenters. The van der Waals surface area contributed by atoms with Crippen molar-refractivity contribution in [2.45, 2.75) is 32.7 Å². The van der Waals surface area contributed by atoms with Crippen molar-refractivity contribution in [1.82, 2.24) is 20.5 Å². The highest BCUT2D eigenvalue weighted by molar-refractivity contribution is 5.90. The van der Waals surface area contributed by atoms with Crippen LogP contribution in [0.2, 0.25) is 0 Å². The first kappa shape index (κ1) is 11.2. The van der Waals surface area contributed by atoms with E-state index in [9.17, 15) is 4.79 Å². The molecule has 5 nitrogen and oxygen atoms in total. The second kappa shape index (κ2) is 5.15. The Morgan fingerprint density at radius 2 is 2.47 bits per heavy atom. The molecule has 0 spiro atoms. The third kappa shape index (κ3) is 3.09. The van der Waals surface area contributed by atoms with E-state index in [0.29, 0.717) is 0 Å². The van der Waals surface area contributed by atoms with Crippen molar-refractivity contribution < 1.29 is 4.79 Å². The topological polar surface area (TPSA) is 70.7 Å². The minimum atomic E-state index is -0.348. The first-order chi connectivity index (χ1) is 7.17. The second-order valence-electron chi connectivity index (χ2n) is 3.22. The van der Waals surface area contributed by atoms with Crippen LogP contribution in [-0.4, -0.2) is 27.1 Å². The van der Waals surface area contributed by atoms with Crippen LogP contribution >= 0.6 is 0 Å². The van der Waals surface area contributed by atoms with E-state index in [1.54, 1.807) is 6.92 Å². The molecule has 0 saturated heterocycles. The molecule has 2 N–H and O–H groups in total. The molecule has 1 heterocycles. The van der Waals surface area contributed by atoms with Gasteiger partial charge in [-0.15, -0.1) is 11.5 Å². The standard InChI is InChI=1S/C10H14N4O/c1-4-6-8-12-9(14-13-8)10(15)11-7(3)5-2/h2,7H,4,6H2,1,3H3,(H,11,15)(H,12,13,14). The number of nitrogens with one attached hydrogen (secondary N) is 2. The Morgan fingerprint density at radius 3 is 3.07 bits per heavy atom. The minimum Gasteiger partial charge on any atom is -0.336 e. The third-order valence-electron chi connectivity index (χ3n) is 1.82. The molecule has 15 heavy (non-hydrogen) atoms. The number of carbonyl (C=O) groups is 1. The van der Waals surface area contributed by atoms with Crippen LogP contribution in [0.3, 0.4) is 0 Å². The SMILES string of the molecule is C#CC(C)NC(=O)c1n[nH]c(CCC)n1. The molecule has 0 aliphatic rings. The molecule has 0 saturated carbocycles. The number of aromatic nitrogens is 3. The van der Waals surface area contributed by atoms with Gasteiger partial charge in [0.25, 0.3) is 5.91 Å². The maximum atomic E-state index is 11.5. The molecule has 1 aromatic rings. The van der Waals surface area contributed by atoms with Crippen LogP contribution in [0.5, 0.6) is 0 Å². The summed E-state index contributed by atoms with van der Waals surface area (Å²) in [6, 6.07) is -0.314. The van der Waals surface area contributed by atoms with Gasteiger partial charge in [0, 0.05) is 6.42 Å². The predicted molar refractivity (Wildman–Crippen MR) is 56.1 cm³/mol. The van der Waals surface area contributed by atoms with Crippen molar-refractivity contribution in [2.75, 3.05) is 0 Å². The van der Waals surface area contributed by atoms with E-state index >= 15 is 0 Å². The largest absolute Gasteiger partial charge is 0.336 e. The van der Waals surface area contributed by atoms with Crippen LogP contribution < -0.4 is 5.32 Å². The number of aromatic amines is 1. The number of nitrogens with zero attached hydrogens (tertiary/aromatic N) is 2. The zero-order chi connectivity index (χ0) is 11.3. The molecule has 1 amide bonds. The van der Waals surface area contributed by atoms with Gasteiger partial charge in [-0.3, -0.25) is 9.89 Å². The lowest BCUT2D eigenvalue weighted by atomic mass is 10.3. The third-order valence-corrected chi connectivity index (χ3v) is 1.82. The highest BCUT2D eigenvalue weighted by Gasteiger charge is 2.13. The van der Waals surface area contributed by atoms with E-state index in [0.717, 1.165) is 18.7 Å². The molecule has 0 aliphatic heterocycles. The molecule has 0 aliphatic carbocycles. The van der Waals surface area contributed by atoms with Crippen LogP contribution in [0.15, 0.2) is 0 Å². The Hall–Kier alpha value is -1.83. The number of amides is 1. The molecule has 1 rings (SSSR count). The van der Waals surface area contributed by atoms with Crippen LogP contribution in [0.25, 0.3) is 0 Å². The number of hydrogen-bond acceptors (Lipinski definition) is 3. The average molecular weight is 206 g/mol. The summed E-state index contributed by atoms with van der Waals surface area (Å²) in [5.74, 6) is 2.91. The lowest BCUT2D eigenvalue weighted by molar-refractivity contribution is 0.0938. The monoisotopic (exact) mass is 206 g/mol. The highest BCUT2D eigenvalue weighted by Crippen LogP contribution is 1.96. The number of hydrogen-bond donors (Lipinski definition) is 2. The Balaban J connectivity index is 2.62. The van der Waals surface area contributed by atoms with E-state index in [1.165, 1.54) is 0 Å². The number of terminal acetylenes is 1. The van der Waals surface area contributed by atoms with Gasteiger partial charge in [-0.1, -0.05) is 12.8 Å². The first-order valence-corrected chi connectivity index (χ1v) is 4.85. The molecule has 0 aromatic carbocycles. The number of carbonyl (C=O) groups excluding carboxylic acids is 1. The zero-order valence-electron chi connectivity index (χ0n) is 8.87. The maximum Gasteiger partial charge on any atom is 0.291 e. The first-order valence-electron chi connectivity index (χ1n) is 4.85. The van der Waals surface area contributed by atoms with E-state index in [1.807, 2.05) is 6.92 Å². The van der Waals surface area contributed by atoms with Gasteiger partial charge in [0.15, 0.2) is 0 Å². The van der Waals surface area contributed by atoms with Gasteiger partial charge in [-0.25, -0.2) is 4.98 Å². The van der Waals surface area contributed by atoms with Crippen LogP contribution in [0.4, 0.5) is 0 Å². The number of aryl methyl sites for hydroxylation is 1. The fourth-order valence-corrected chi connectivity index (χ4v) is 1.05. The van der Waals surface area contributed by atoms with Gasteiger partial charge < -0.3 is 5.32 Å². The van der Waals surface area contributed by atoms with E-state index in [-0.39, 0.29) is 17.8 Å². The molecule has 1 atom stereocenters. The summed E-state index contributed by atoms with van der Waals surface area (Å²) in [4.78, 5) is 15.5. The highest BCUT2D eigenvalue weighted by atomic mass is 16.2. The molecular weight excluding hydrogens is 192 g/mol. The smallest absolute Gasteiger partial charge is 0.291 e. The molecule has 0 fully saturated rings. The summed E-state index contributed by atoms with van der Waals surface area (Å²) in [7, 11) is 0. The summed E-state index contributed by atoms with van der Waals surface area (Å²) in [5, 5.41) is 9.09. The molecule has 5 heteroatoms. The van der Waals surface area contributed by atoms with Gasteiger partial charge in [-0.2, -0.15) is 0 Å². The van der Waals surface area contributed by atoms with Crippen molar-refractivity contribution in [3.63, 3.8) is 0 Å². The van der Waals surface area contributed by atoms with Crippen LogP contribution in [-0.2, 0) is 6.42 Å². The normalized spacial score (nSPS) is 11.8. The maximum absolute atomic E-state index is 11.5. The summed E-state index contributed by atoms with van der Waals surface area (Å²) in [6.07, 6.45) is 6.88. The quantitative estimate of drug-likeness (QED) is 0.705. The van der Waals surface area contributed by atoms with Crippen molar-refractivity contribution in [3.05, 3.63) is 11.6 Å². The minimum absolute atomic E-state index is 0.139. The van der Waals surface area contributed by atoms with Crippen molar-refractivity contribution >= 4 is 5.91 Å². The molecule has 0 bridgehead atoms. The summed E-state index contributed by atoms with van der Waals surface area (Å²) >= 11 is 0. The summed E-state index contributed by atoms with van der Waals surface area (Å²) in [5.41, 5.74) is 0. The summed E-state index contributed by atoms with van der Waals surface area (Å²) in [6.45, 7) is 3.75. The van der Waals surface area contributed by atoms with Gasteiger partial charge in [0.2, 0.25) is 5.82 Å². The lowest BCUT2D eigenvalue weighted by Gasteiger charge is -2.03. The Bertz CT molecular complexity index is 377. The zero-order valence-corrected chi connectivity index (χ0v) is 8.87. The Labute approximate surface area is 88.7 Å². The van der Waals surface area contributed by atoms with E-state index in [4.69, 9.17) is 6.42 Å². The molecule has 80 valence electrons. The average Bonchev–Trinajstić information content (AvgIpc) is 2.67. The molecule has 1 aromatic heterocycles. The molecule has 0 radical (unpaired) electrons. The Kier molecular flexibility index (Phi) is 3.86. The number of H-pyrrole nitrogens is 1. The second-order valence-corrected chi connectivity index (χ2v) is 3.22. The van der Waals surface area contributed by atoms with E-state index in [2.05, 4.69) is 26.4 Å². The van der Waals surface area contributed by atoms with Gasteiger partial charge in [0.1, 0.15) is 5.82 Å². The predicted octanol–water partition coefficient (Wildman–Crippen LogP) is 0.509. The lowest BCUT2D eigenvalue weighted by Crippen LogP contribution is -2.32. The van der Waals surface area contributed by atoms with Crippen molar-refractivity contribution in [1.29, 1.82) is 0 Å². The van der Waals surface area contributed by atoms with Crippen LogP contribution in [0, 0.1) is 12.3 Å². The summed E-state index contributed by atoms with van der Waals surface area (Å²) < 4.78 is 0. The fourth-order valence-electron chi connectivity index (χ4n) is 1.05. The van der Waals surface area contributed by atoms with Gasteiger partial charge in [0.05, 0.1) is 6.04 Å². The fraction of sp³-hybridized carbons (Fsp3) is 0.500. The molecular formula is C10H14N4O. The van der Waals surface area contributed by atoms with E-state index < -0.39 is 0 Å². The number of rotatable bonds is 4. The van der Waals surface area contributed by atoms with Crippen LogP contribution in [0.1, 0.15) is 36.7 Å².